The van der Waals surface area contributed by atoms with Gasteiger partial charge in [0.05, 0.1) is 0 Å². The summed E-state index contributed by atoms with van der Waals surface area (Å²) >= 11 is 0. The molecule has 0 fully saturated rings. The maximum atomic E-state index is 9.06. The lowest BCUT2D eigenvalue weighted by atomic mass is 9.87. The summed E-state index contributed by atoms with van der Waals surface area (Å²) in [5.74, 6) is 0.471. The van der Waals surface area contributed by atoms with Crippen LogP contribution in [0, 0.1) is 5.92 Å². The molecule has 0 radical (unpaired) electrons. The molecule has 0 aromatic carbocycles. The Bertz CT molecular complexity index is 168. The highest BCUT2D eigenvalue weighted by Gasteiger charge is 2.25. The molecule has 0 rings (SSSR count). The zero-order valence-electron chi connectivity index (χ0n) is 12.4. The average molecular weight is 258 g/mol. The minimum atomic E-state index is -1.63. The minimum Gasteiger partial charge on any atom is -0.402 e. The first-order chi connectivity index (χ1) is 8.65. The Morgan fingerprint density at radius 1 is 0.833 bits per heavy atom. The standard InChI is InChI=1S/C14H31BO3/c1-4-7-10-13(11-8-5-2)14(12-9-6-3)18-15(16)17/h13-14,16-17H,4-12H2,1-3H3. The van der Waals surface area contributed by atoms with Gasteiger partial charge in [-0.15, -0.1) is 0 Å². The predicted molar refractivity (Wildman–Crippen MR) is 77.1 cm³/mol. The summed E-state index contributed by atoms with van der Waals surface area (Å²) in [6.45, 7) is 6.54. The molecule has 0 saturated carbocycles. The first kappa shape index (κ1) is 17.9. The fourth-order valence-corrected chi connectivity index (χ4v) is 2.43. The summed E-state index contributed by atoms with van der Waals surface area (Å²) in [6, 6.07) is 0. The third-order valence-electron chi connectivity index (χ3n) is 3.52. The van der Waals surface area contributed by atoms with Gasteiger partial charge >= 0.3 is 7.32 Å². The molecule has 1 unspecified atom stereocenters. The molecule has 4 heteroatoms. The van der Waals surface area contributed by atoms with Crippen molar-refractivity contribution in [3.8, 4) is 0 Å². The van der Waals surface area contributed by atoms with Crippen LogP contribution < -0.4 is 0 Å². The Morgan fingerprint density at radius 3 is 1.67 bits per heavy atom. The highest BCUT2D eigenvalue weighted by atomic mass is 16.6. The van der Waals surface area contributed by atoms with Gasteiger partial charge in [-0.05, 0) is 25.2 Å². The summed E-state index contributed by atoms with van der Waals surface area (Å²) < 4.78 is 5.32. The first-order valence-electron chi connectivity index (χ1n) is 7.67. The van der Waals surface area contributed by atoms with Crippen LogP contribution >= 0.6 is 0 Å². The minimum absolute atomic E-state index is 0.00282. The molecular formula is C14H31BO3. The van der Waals surface area contributed by atoms with E-state index >= 15 is 0 Å². The maximum absolute atomic E-state index is 9.06. The molecule has 0 spiro atoms. The maximum Gasteiger partial charge on any atom is 0.634 e. The van der Waals surface area contributed by atoms with E-state index in [0.29, 0.717) is 5.92 Å². The van der Waals surface area contributed by atoms with E-state index in [0.717, 1.165) is 32.1 Å². The monoisotopic (exact) mass is 258 g/mol. The van der Waals surface area contributed by atoms with Crippen molar-refractivity contribution in [3.05, 3.63) is 0 Å². The highest BCUT2D eigenvalue weighted by molar-refractivity contribution is 6.32. The normalized spacial score (nSPS) is 13.0. The smallest absolute Gasteiger partial charge is 0.402 e. The van der Waals surface area contributed by atoms with E-state index in [1.807, 2.05) is 0 Å². The van der Waals surface area contributed by atoms with E-state index in [-0.39, 0.29) is 6.10 Å². The molecule has 0 aliphatic rings. The Kier molecular flexibility index (Phi) is 12.0. The van der Waals surface area contributed by atoms with E-state index in [2.05, 4.69) is 20.8 Å². The number of hydrogen-bond acceptors (Lipinski definition) is 3. The molecule has 2 N–H and O–H groups in total. The fourth-order valence-electron chi connectivity index (χ4n) is 2.43. The van der Waals surface area contributed by atoms with Crippen molar-refractivity contribution in [2.75, 3.05) is 0 Å². The van der Waals surface area contributed by atoms with Crippen molar-refractivity contribution in [3.63, 3.8) is 0 Å². The topological polar surface area (TPSA) is 49.7 Å². The van der Waals surface area contributed by atoms with Crippen molar-refractivity contribution in [2.45, 2.75) is 84.7 Å². The predicted octanol–water partition coefficient (Wildman–Crippen LogP) is 3.53. The molecule has 0 saturated heterocycles. The molecule has 0 heterocycles. The molecule has 0 aliphatic carbocycles. The molecule has 18 heavy (non-hydrogen) atoms. The van der Waals surface area contributed by atoms with Gasteiger partial charge in [-0.3, -0.25) is 0 Å². The highest BCUT2D eigenvalue weighted by Crippen LogP contribution is 2.25. The third-order valence-corrected chi connectivity index (χ3v) is 3.52. The Hall–Kier alpha value is -0.0551. The second-order valence-electron chi connectivity index (χ2n) is 5.19. The largest absolute Gasteiger partial charge is 0.634 e. The Balaban J connectivity index is 4.37. The lowest BCUT2D eigenvalue weighted by molar-refractivity contribution is 0.0569. The number of rotatable bonds is 12. The molecule has 1 atom stereocenters. The van der Waals surface area contributed by atoms with Crippen LogP contribution in [-0.2, 0) is 4.65 Å². The SMILES string of the molecule is CCCCC(CCCC)C(CCCC)OB(O)O. The molecule has 0 bridgehead atoms. The molecule has 0 aromatic heterocycles. The van der Waals surface area contributed by atoms with Gasteiger partial charge in [0, 0.05) is 6.10 Å². The van der Waals surface area contributed by atoms with E-state index in [1.54, 1.807) is 0 Å². The summed E-state index contributed by atoms with van der Waals surface area (Å²) in [5, 5.41) is 18.1. The van der Waals surface area contributed by atoms with Gasteiger partial charge in [0.25, 0.3) is 0 Å². The van der Waals surface area contributed by atoms with Crippen molar-refractivity contribution < 1.29 is 14.7 Å². The van der Waals surface area contributed by atoms with E-state index in [4.69, 9.17) is 14.7 Å². The van der Waals surface area contributed by atoms with Crippen LogP contribution in [0.3, 0.4) is 0 Å². The van der Waals surface area contributed by atoms with Crippen LogP contribution in [0.25, 0.3) is 0 Å². The summed E-state index contributed by atoms with van der Waals surface area (Å²) in [5.41, 5.74) is 0. The van der Waals surface area contributed by atoms with Gasteiger partial charge in [-0.25, -0.2) is 0 Å². The zero-order chi connectivity index (χ0) is 13.8. The van der Waals surface area contributed by atoms with Crippen molar-refractivity contribution in [1.29, 1.82) is 0 Å². The van der Waals surface area contributed by atoms with Gasteiger partial charge in [0.2, 0.25) is 0 Å². The Labute approximate surface area is 113 Å². The molecule has 0 amide bonds. The number of hydrogen-bond donors (Lipinski definition) is 2. The second-order valence-corrected chi connectivity index (χ2v) is 5.19. The first-order valence-corrected chi connectivity index (χ1v) is 7.67. The van der Waals surface area contributed by atoms with E-state index < -0.39 is 7.32 Å². The lowest BCUT2D eigenvalue weighted by Gasteiger charge is -2.27. The van der Waals surface area contributed by atoms with Gasteiger partial charge in [-0.1, -0.05) is 59.3 Å². The zero-order valence-corrected chi connectivity index (χ0v) is 12.4. The van der Waals surface area contributed by atoms with Crippen molar-refractivity contribution >= 4 is 7.32 Å². The van der Waals surface area contributed by atoms with Crippen LogP contribution in [0.2, 0.25) is 0 Å². The molecule has 0 aromatic rings. The van der Waals surface area contributed by atoms with Crippen LogP contribution in [0.15, 0.2) is 0 Å². The molecule has 108 valence electrons. The second kappa shape index (κ2) is 12.0. The Morgan fingerprint density at radius 2 is 1.28 bits per heavy atom. The van der Waals surface area contributed by atoms with Crippen molar-refractivity contribution in [1.82, 2.24) is 0 Å². The van der Waals surface area contributed by atoms with E-state index in [9.17, 15) is 0 Å². The number of unbranched alkanes of at least 4 members (excludes halogenated alkanes) is 3. The molecular weight excluding hydrogens is 227 g/mol. The average Bonchev–Trinajstić information content (AvgIpc) is 2.34. The van der Waals surface area contributed by atoms with Crippen molar-refractivity contribution in [2.24, 2.45) is 5.92 Å². The molecule has 0 aliphatic heterocycles. The van der Waals surface area contributed by atoms with Gasteiger partial charge < -0.3 is 14.7 Å². The van der Waals surface area contributed by atoms with Gasteiger partial charge in [-0.2, -0.15) is 0 Å². The van der Waals surface area contributed by atoms with Gasteiger partial charge in [0.15, 0.2) is 0 Å². The third kappa shape index (κ3) is 8.95. The van der Waals surface area contributed by atoms with Crippen LogP contribution in [0.5, 0.6) is 0 Å². The van der Waals surface area contributed by atoms with Gasteiger partial charge in [0.1, 0.15) is 0 Å². The van der Waals surface area contributed by atoms with Crippen LogP contribution in [-0.4, -0.2) is 23.5 Å². The van der Waals surface area contributed by atoms with Crippen LogP contribution in [0.4, 0.5) is 0 Å². The van der Waals surface area contributed by atoms with Crippen LogP contribution in [0.1, 0.15) is 78.6 Å². The summed E-state index contributed by atoms with van der Waals surface area (Å²) in [7, 11) is -1.63. The molecule has 3 nitrogen and oxygen atoms in total. The summed E-state index contributed by atoms with van der Waals surface area (Å²) in [4.78, 5) is 0. The van der Waals surface area contributed by atoms with E-state index in [1.165, 1.54) is 25.7 Å². The fraction of sp³-hybridized carbons (Fsp3) is 1.00. The summed E-state index contributed by atoms with van der Waals surface area (Å²) in [6.07, 6.45) is 10.2. The lowest BCUT2D eigenvalue weighted by Crippen LogP contribution is -2.32. The quantitative estimate of drug-likeness (QED) is 0.526.